The van der Waals surface area contributed by atoms with E-state index < -0.39 is 0 Å². The Morgan fingerprint density at radius 3 is 2.88 bits per heavy atom. The zero-order valence-electron chi connectivity index (χ0n) is 4.09. The summed E-state index contributed by atoms with van der Waals surface area (Å²) in [6.07, 6.45) is 1.36. The van der Waals surface area contributed by atoms with E-state index in [9.17, 15) is 4.79 Å². The molecule has 0 bridgehead atoms. The number of hydrogen-bond donors (Lipinski definition) is 1. The highest BCUT2D eigenvalue weighted by Crippen LogP contribution is 1.73. The van der Waals surface area contributed by atoms with Gasteiger partial charge in [0.15, 0.2) is 0 Å². The molecule has 2 radical (unpaired) electrons. The molecule has 0 saturated carbocycles. The average Bonchev–Trinajstić information content (AvgIpc) is 1.64. The van der Waals surface area contributed by atoms with Crippen LogP contribution in [0.25, 0.3) is 0 Å². The monoisotopic (exact) mass is 108 g/mol. The fourth-order valence-corrected chi connectivity index (χ4v) is 0.385. The summed E-state index contributed by atoms with van der Waals surface area (Å²) < 4.78 is 0. The van der Waals surface area contributed by atoms with Crippen LogP contribution < -0.4 is 5.56 Å². The Kier molecular flexibility index (Phi) is 1.12. The second kappa shape index (κ2) is 1.78. The molecule has 0 spiro atoms. The van der Waals surface area contributed by atoms with Crippen LogP contribution in [0.1, 0.15) is 5.82 Å². The van der Waals surface area contributed by atoms with Crippen LogP contribution in [0.15, 0.2) is 17.1 Å². The third kappa shape index (κ3) is 0.932. The van der Waals surface area contributed by atoms with Gasteiger partial charge in [0.05, 0.1) is 0 Å². The highest BCUT2D eigenvalue weighted by molar-refractivity contribution is 4.91. The lowest BCUT2D eigenvalue weighted by molar-refractivity contribution is 1.07. The van der Waals surface area contributed by atoms with Gasteiger partial charge in [0.1, 0.15) is 5.82 Å². The van der Waals surface area contributed by atoms with E-state index in [2.05, 4.69) is 9.97 Å². The number of hydrogen-bond acceptors (Lipinski definition) is 2. The van der Waals surface area contributed by atoms with E-state index in [1.165, 1.54) is 12.3 Å². The van der Waals surface area contributed by atoms with E-state index in [0.717, 1.165) is 0 Å². The third-order valence-electron chi connectivity index (χ3n) is 0.691. The van der Waals surface area contributed by atoms with Crippen molar-refractivity contribution in [3.05, 3.63) is 35.4 Å². The predicted molar refractivity (Wildman–Crippen MR) is 28.3 cm³/mol. The molecule has 0 fully saturated rings. The highest BCUT2D eigenvalue weighted by Gasteiger charge is 1.81. The summed E-state index contributed by atoms with van der Waals surface area (Å²) in [6, 6.07) is 1.30. The Bertz CT molecular complexity index is 228. The Labute approximate surface area is 46.4 Å². The summed E-state index contributed by atoms with van der Waals surface area (Å²) in [4.78, 5) is 16.2. The molecule has 1 rings (SSSR count). The van der Waals surface area contributed by atoms with Gasteiger partial charge >= 0.3 is 0 Å². The maximum absolute atomic E-state index is 10.3. The van der Waals surface area contributed by atoms with Crippen molar-refractivity contribution in [1.29, 1.82) is 0 Å². The summed E-state index contributed by atoms with van der Waals surface area (Å²) in [5, 5.41) is 0. The van der Waals surface area contributed by atoms with Crippen LogP contribution >= 0.6 is 0 Å². The van der Waals surface area contributed by atoms with Crippen LogP contribution in [-0.4, -0.2) is 9.97 Å². The first-order valence-corrected chi connectivity index (χ1v) is 2.10. The van der Waals surface area contributed by atoms with Gasteiger partial charge in [-0.2, -0.15) is 0 Å². The van der Waals surface area contributed by atoms with Gasteiger partial charge in [-0.15, -0.1) is 0 Å². The SMILES string of the molecule is [CH]c1nccc(=O)[nH]1. The first-order chi connectivity index (χ1) is 3.79. The fraction of sp³-hybridized carbons (Fsp3) is 0. The molecule has 8 heavy (non-hydrogen) atoms. The summed E-state index contributed by atoms with van der Waals surface area (Å²) in [5.41, 5.74) is -0.225. The van der Waals surface area contributed by atoms with E-state index in [-0.39, 0.29) is 11.4 Å². The molecule has 0 aliphatic heterocycles. The van der Waals surface area contributed by atoms with Crippen LogP contribution in [0.5, 0.6) is 0 Å². The van der Waals surface area contributed by atoms with Crippen molar-refractivity contribution in [1.82, 2.24) is 9.97 Å². The quantitative estimate of drug-likeness (QED) is 0.501. The van der Waals surface area contributed by atoms with Gasteiger partial charge in [0.2, 0.25) is 0 Å². The summed E-state index contributed by atoms with van der Waals surface area (Å²) in [5.74, 6) is 0.150. The molecule has 0 unspecified atom stereocenters. The minimum atomic E-state index is -0.225. The van der Waals surface area contributed by atoms with Crippen molar-refractivity contribution in [3.8, 4) is 0 Å². The van der Waals surface area contributed by atoms with Crippen molar-refractivity contribution in [2.24, 2.45) is 0 Å². The number of aromatic amines is 1. The minimum absolute atomic E-state index is 0.150. The second-order valence-corrected chi connectivity index (χ2v) is 1.32. The summed E-state index contributed by atoms with van der Waals surface area (Å²) >= 11 is 0. The number of H-pyrrole nitrogens is 1. The second-order valence-electron chi connectivity index (χ2n) is 1.32. The first-order valence-electron chi connectivity index (χ1n) is 2.10. The molecule has 0 atom stereocenters. The Hall–Kier alpha value is -1.12. The molecule has 1 heterocycles. The molecule has 1 aromatic heterocycles. The van der Waals surface area contributed by atoms with E-state index >= 15 is 0 Å². The van der Waals surface area contributed by atoms with Crippen LogP contribution in [-0.2, 0) is 0 Å². The molecule has 0 aliphatic carbocycles. The summed E-state index contributed by atoms with van der Waals surface area (Å²) in [7, 11) is 0. The molecular formula is C5H4N2O. The van der Waals surface area contributed by atoms with Gasteiger partial charge in [0.25, 0.3) is 5.56 Å². The lowest BCUT2D eigenvalue weighted by atomic mass is 10.6. The van der Waals surface area contributed by atoms with Gasteiger partial charge in [-0.1, -0.05) is 0 Å². The van der Waals surface area contributed by atoms with Crippen LogP contribution in [0.3, 0.4) is 0 Å². The van der Waals surface area contributed by atoms with Crippen molar-refractivity contribution in [2.45, 2.75) is 0 Å². The molecule has 0 amide bonds. The molecule has 40 valence electrons. The Balaban J connectivity index is 3.28. The molecule has 0 saturated heterocycles. The molecule has 0 aromatic carbocycles. The molecular weight excluding hydrogens is 104 g/mol. The molecule has 3 heteroatoms. The minimum Gasteiger partial charge on any atom is -0.310 e. The van der Waals surface area contributed by atoms with Crippen molar-refractivity contribution in [3.63, 3.8) is 0 Å². The number of nitrogens with zero attached hydrogens (tertiary/aromatic N) is 1. The van der Waals surface area contributed by atoms with Crippen LogP contribution in [0, 0.1) is 6.92 Å². The zero-order chi connectivity index (χ0) is 5.98. The van der Waals surface area contributed by atoms with E-state index in [1.54, 1.807) is 0 Å². The Morgan fingerprint density at radius 1 is 1.75 bits per heavy atom. The van der Waals surface area contributed by atoms with Crippen molar-refractivity contribution < 1.29 is 0 Å². The van der Waals surface area contributed by atoms with Gasteiger partial charge in [0, 0.05) is 19.2 Å². The molecule has 1 N–H and O–H groups in total. The smallest absolute Gasteiger partial charge is 0.250 e. The van der Waals surface area contributed by atoms with E-state index in [0.29, 0.717) is 0 Å². The maximum atomic E-state index is 10.3. The normalized spacial score (nSPS) is 9.12. The number of rotatable bonds is 0. The highest BCUT2D eigenvalue weighted by atomic mass is 16.1. The van der Waals surface area contributed by atoms with Crippen LogP contribution in [0.2, 0.25) is 0 Å². The first kappa shape index (κ1) is 5.03. The van der Waals surface area contributed by atoms with E-state index in [4.69, 9.17) is 6.92 Å². The van der Waals surface area contributed by atoms with Gasteiger partial charge in [-0.3, -0.25) is 4.79 Å². The number of aromatic nitrogens is 2. The largest absolute Gasteiger partial charge is 0.310 e. The van der Waals surface area contributed by atoms with Crippen LogP contribution in [0.4, 0.5) is 0 Å². The number of nitrogens with one attached hydrogen (secondary N) is 1. The fourth-order valence-electron chi connectivity index (χ4n) is 0.385. The van der Waals surface area contributed by atoms with Gasteiger partial charge < -0.3 is 4.98 Å². The zero-order valence-corrected chi connectivity index (χ0v) is 4.09. The summed E-state index contributed by atoms with van der Waals surface area (Å²) in [6.45, 7) is 5.09. The molecule has 3 nitrogen and oxygen atoms in total. The molecule has 0 aliphatic rings. The Morgan fingerprint density at radius 2 is 2.50 bits per heavy atom. The standard InChI is InChI=1S/C5H4N2O/c1-4-6-3-2-5(8)7-4/h1-3H,(H,6,7,8). The van der Waals surface area contributed by atoms with Crippen molar-refractivity contribution >= 4 is 0 Å². The average molecular weight is 108 g/mol. The van der Waals surface area contributed by atoms with E-state index in [1.807, 2.05) is 0 Å². The lowest BCUT2D eigenvalue weighted by Gasteiger charge is -1.83. The van der Waals surface area contributed by atoms with Gasteiger partial charge in [-0.25, -0.2) is 4.98 Å². The van der Waals surface area contributed by atoms with Crippen molar-refractivity contribution in [2.75, 3.05) is 0 Å². The predicted octanol–water partition coefficient (Wildman–Crippen LogP) is -0.171. The topological polar surface area (TPSA) is 45.8 Å². The third-order valence-corrected chi connectivity index (χ3v) is 0.691. The molecule has 1 aromatic rings. The lowest BCUT2D eigenvalue weighted by Crippen LogP contribution is -2.05. The van der Waals surface area contributed by atoms with Gasteiger partial charge in [-0.05, 0) is 0 Å². The maximum Gasteiger partial charge on any atom is 0.250 e.